The molecule has 0 fully saturated rings. The topological polar surface area (TPSA) is 135 Å². The number of rotatable bonds is 2. The summed E-state index contributed by atoms with van der Waals surface area (Å²) in [5.74, 6) is 0. The van der Waals surface area contributed by atoms with Crippen LogP contribution < -0.4 is 5.14 Å². The summed E-state index contributed by atoms with van der Waals surface area (Å²) >= 11 is 0. The van der Waals surface area contributed by atoms with Crippen LogP contribution in [0.1, 0.15) is 0 Å². The molecule has 0 amide bonds. The van der Waals surface area contributed by atoms with Crippen molar-refractivity contribution in [2.24, 2.45) is 5.14 Å². The summed E-state index contributed by atoms with van der Waals surface area (Å²) in [7, 11) is -4.02. The molecule has 0 aliphatic heterocycles. The summed E-state index contributed by atoms with van der Waals surface area (Å²) in [6.45, 7) is 0. The molecule has 0 unspecified atom stereocenters. The fourth-order valence-corrected chi connectivity index (χ4v) is 1.55. The fraction of sp³-hybridized carbons (Fsp3) is 0. The molecule has 0 heterocycles. The molecule has 0 spiro atoms. The Kier molecular flexibility index (Phi) is 3.69. The van der Waals surface area contributed by atoms with Gasteiger partial charge < -0.3 is 5.48 Å². The summed E-state index contributed by atoms with van der Waals surface area (Å²) in [4.78, 5) is 9.09. The van der Waals surface area contributed by atoms with Crippen LogP contribution in [-0.2, 0) is 10.0 Å². The van der Waals surface area contributed by atoms with Gasteiger partial charge in [0, 0.05) is 6.07 Å². The predicted octanol–water partition coefficient (Wildman–Crippen LogP) is -0.582. The van der Waals surface area contributed by atoms with Crippen molar-refractivity contribution in [3.05, 3.63) is 34.4 Å². The standard InChI is InChI=1S/C6H6N2O4S.H2O/c7-13(11,12)6-4-2-1-3-5(6)8(9)10;/h1-4H,(H2,7,11,12);1H2. The lowest BCUT2D eigenvalue weighted by molar-refractivity contribution is -0.387. The first-order valence-corrected chi connectivity index (χ1v) is 4.74. The molecule has 0 aliphatic rings. The fourth-order valence-electron chi connectivity index (χ4n) is 0.849. The lowest BCUT2D eigenvalue weighted by atomic mass is 10.3. The van der Waals surface area contributed by atoms with Gasteiger partial charge in [0.15, 0.2) is 4.90 Å². The molecule has 7 nitrogen and oxygen atoms in total. The predicted molar refractivity (Wildman–Crippen MR) is 48.1 cm³/mol. The minimum atomic E-state index is -4.02. The number of nitrogens with two attached hydrogens (primary N) is 1. The first-order valence-electron chi connectivity index (χ1n) is 3.19. The van der Waals surface area contributed by atoms with Gasteiger partial charge in [-0.15, -0.1) is 0 Å². The second kappa shape index (κ2) is 4.13. The Labute approximate surface area is 79.7 Å². The zero-order valence-electron chi connectivity index (χ0n) is 6.88. The van der Waals surface area contributed by atoms with Crippen LogP contribution in [0.3, 0.4) is 0 Å². The molecule has 14 heavy (non-hydrogen) atoms. The van der Waals surface area contributed by atoms with Crippen molar-refractivity contribution in [2.45, 2.75) is 4.90 Å². The molecule has 0 aromatic heterocycles. The van der Waals surface area contributed by atoms with Gasteiger partial charge >= 0.3 is 0 Å². The molecule has 8 heteroatoms. The van der Waals surface area contributed by atoms with Crippen molar-refractivity contribution in [1.82, 2.24) is 0 Å². The highest BCUT2D eigenvalue weighted by molar-refractivity contribution is 7.89. The Hall–Kier alpha value is -1.51. The lowest BCUT2D eigenvalue weighted by Crippen LogP contribution is -2.13. The molecule has 0 saturated heterocycles. The molecule has 1 aromatic carbocycles. The summed E-state index contributed by atoms with van der Waals surface area (Å²) in [6.07, 6.45) is 0. The van der Waals surface area contributed by atoms with Crippen molar-refractivity contribution in [2.75, 3.05) is 0 Å². The Balaban J connectivity index is 0.00000169. The SMILES string of the molecule is NS(=O)(=O)c1ccccc1[N+](=O)[O-].O. The van der Waals surface area contributed by atoms with E-state index in [9.17, 15) is 18.5 Å². The van der Waals surface area contributed by atoms with Crippen molar-refractivity contribution < 1.29 is 18.8 Å². The minimum absolute atomic E-state index is 0. The third kappa shape index (κ3) is 2.49. The van der Waals surface area contributed by atoms with Crippen LogP contribution in [0.15, 0.2) is 29.2 Å². The van der Waals surface area contributed by atoms with Gasteiger partial charge in [0.25, 0.3) is 5.69 Å². The number of nitrogens with zero attached hydrogens (tertiary/aromatic N) is 1. The monoisotopic (exact) mass is 220 g/mol. The van der Waals surface area contributed by atoms with E-state index in [-0.39, 0.29) is 5.48 Å². The molecular formula is C6H8N2O5S. The van der Waals surface area contributed by atoms with Crippen LogP contribution in [0.2, 0.25) is 0 Å². The molecule has 78 valence electrons. The van der Waals surface area contributed by atoms with Crippen molar-refractivity contribution in [3.8, 4) is 0 Å². The van der Waals surface area contributed by atoms with Gasteiger partial charge in [-0.25, -0.2) is 13.6 Å². The van der Waals surface area contributed by atoms with Crippen LogP contribution in [0.5, 0.6) is 0 Å². The van der Waals surface area contributed by atoms with Gasteiger partial charge in [-0.2, -0.15) is 0 Å². The van der Waals surface area contributed by atoms with E-state index in [4.69, 9.17) is 5.14 Å². The highest BCUT2D eigenvalue weighted by atomic mass is 32.2. The molecule has 4 N–H and O–H groups in total. The maximum absolute atomic E-state index is 10.8. The highest BCUT2D eigenvalue weighted by Crippen LogP contribution is 2.20. The van der Waals surface area contributed by atoms with E-state index in [1.54, 1.807) is 0 Å². The number of nitro benzene ring substituents is 1. The number of nitro groups is 1. The first-order chi connectivity index (χ1) is 5.93. The Bertz CT molecular complexity index is 441. The molecule has 0 atom stereocenters. The molecule has 1 rings (SSSR count). The van der Waals surface area contributed by atoms with E-state index in [1.165, 1.54) is 12.1 Å². The Morgan fingerprint density at radius 1 is 1.29 bits per heavy atom. The maximum atomic E-state index is 10.8. The molecule has 1 aromatic rings. The number of benzene rings is 1. The zero-order chi connectivity index (χ0) is 10.1. The van der Waals surface area contributed by atoms with E-state index >= 15 is 0 Å². The summed E-state index contributed by atoms with van der Waals surface area (Å²) in [5.41, 5.74) is -0.509. The van der Waals surface area contributed by atoms with Crippen molar-refractivity contribution in [3.63, 3.8) is 0 Å². The molecule has 0 saturated carbocycles. The van der Waals surface area contributed by atoms with E-state index in [0.717, 1.165) is 12.1 Å². The number of para-hydroxylation sites is 1. The van der Waals surface area contributed by atoms with Gasteiger partial charge in [-0.1, -0.05) is 12.1 Å². The zero-order valence-corrected chi connectivity index (χ0v) is 7.69. The molecule has 0 bridgehead atoms. The largest absolute Gasteiger partial charge is 0.412 e. The van der Waals surface area contributed by atoms with Gasteiger partial charge in [0.2, 0.25) is 10.0 Å². The summed E-state index contributed by atoms with van der Waals surface area (Å²) in [5, 5.41) is 15.1. The van der Waals surface area contributed by atoms with E-state index < -0.39 is 25.5 Å². The van der Waals surface area contributed by atoms with Crippen molar-refractivity contribution >= 4 is 15.7 Å². The number of primary sulfonamides is 1. The van der Waals surface area contributed by atoms with Gasteiger partial charge in [0.05, 0.1) is 4.92 Å². The van der Waals surface area contributed by atoms with Crippen LogP contribution >= 0.6 is 0 Å². The summed E-state index contributed by atoms with van der Waals surface area (Å²) < 4.78 is 21.7. The molecule has 0 radical (unpaired) electrons. The minimum Gasteiger partial charge on any atom is -0.412 e. The van der Waals surface area contributed by atoms with Crippen LogP contribution in [0.4, 0.5) is 5.69 Å². The average molecular weight is 220 g/mol. The van der Waals surface area contributed by atoms with Crippen molar-refractivity contribution in [1.29, 1.82) is 0 Å². The van der Waals surface area contributed by atoms with Crippen LogP contribution in [0.25, 0.3) is 0 Å². The van der Waals surface area contributed by atoms with Crippen LogP contribution in [-0.4, -0.2) is 18.8 Å². The lowest BCUT2D eigenvalue weighted by Gasteiger charge is -1.98. The normalized spacial score (nSPS) is 10.4. The average Bonchev–Trinajstić information content (AvgIpc) is 2.03. The number of hydrogen-bond acceptors (Lipinski definition) is 4. The molecule has 0 aliphatic carbocycles. The second-order valence-corrected chi connectivity index (χ2v) is 3.80. The Morgan fingerprint density at radius 3 is 2.14 bits per heavy atom. The quantitative estimate of drug-likeness (QED) is 0.526. The van der Waals surface area contributed by atoms with Gasteiger partial charge in [0.1, 0.15) is 0 Å². The third-order valence-corrected chi connectivity index (χ3v) is 2.33. The number of hydrogen-bond donors (Lipinski definition) is 1. The maximum Gasteiger partial charge on any atom is 0.289 e. The summed E-state index contributed by atoms with van der Waals surface area (Å²) in [6, 6.07) is 4.91. The van der Waals surface area contributed by atoms with E-state index in [0.29, 0.717) is 0 Å². The Morgan fingerprint density at radius 2 is 1.79 bits per heavy atom. The van der Waals surface area contributed by atoms with Gasteiger partial charge in [-0.3, -0.25) is 10.1 Å². The first kappa shape index (κ1) is 12.5. The van der Waals surface area contributed by atoms with E-state index in [2.05, 4.69) is 0 Å². The number of sulfonamides is 1. The smallest absolute Gasteiger partial charge is 0.289 e. The highest BCUT2D eigenvalue weighted by Gasteiger charge is 2.20. The van der Waals surface area contributed by atoms with Crippen LogP contribution in [0, 0.1) is 10.1 Å². The second-order valence-electron chi connectivity index (χ2n) is 2.27. The van der Waals surface area contributed by atoms with E-state index in [1.807, 2.05) is 0 Å². The third-order valence-electron chi connectivity index (χ3n) is 1.37. The van der Waals surface area contributed by atoms with Gasteiger partial charge in [-0.05, 0) is 6.07 Å². The molecular weight excluding hydrogens is 212 g/mol.